The van der Waals surface area contributed by atoms with E-state index in [0.717, 1.165) is 15.2 Å². The molecule has 8 heteroatoms. The van der Waals surface area contributed by atoms with Crippen molar-refractivity contribution < 1.29 is 4.92 Å². The van der Waals surface area contributed by atoms with Gasteiger partial charge >= 0.3 is 0 Å². The average Bonchev–Trinajstić information content (AvgIpc) is 2.40. The van der Waals surface area contributed by atoms with E-state index in [2.05, 4.69) is 52.8 Å². The Hall–Kier alpha value is -1.25. The molecule has 0 aliphatic heterocycles. The summed E-state index contributed by atoms with van der Waals surface area (Å²) in [5.74, 6) is 0. The fourth-order valence-electron chi connectivity index (χ4n) is 2.23. The normalized spacial score (nSPS) is 11.2. The predicted molar refractivity (Wildman–Crippen MR) is 91.8 cm³/mol. The first-order valence-electron chi connectivity index (χ1n) is 5.68. The lowest BCUT2D eigenvalue weighted by molar-refractivity contribution is -0.386. The zero-order valence-electron chi connectivity index (χ0n) is 10.1. The Balaban J connectivity index is 2.60. The van der Waals surface area contributed by atoms with Crippen LogP contribution in [-0.4, -0.2) is 9.91 Å². The molecular formula is C13H5Br3N2O3. The van der Waals surface area contributed by atoms with Crippen LogP contribution in [-0.2, 0) is 0 Å². The number of halogens is 3. The molecule has 2 aromatic carbocycles. The van der Waals surface area contributed by atoms with E-state index in [1.54, 1.807) is 12.1 Å². The van der Waals surface area contributed by atoms with E-state index in [1.807, 2.05) is 12.1 Å². The minimum absolute atomic E-state index is 0.116. The molecule has 5 nitrogen and oxygen atoms in total. The van der Waals surface area contributed by atoms with Gasteiger partial charge in [-0.2, -0.15) is 0 Å². The van der Waals surface area contributed by atoms with Gasteiger partial charge in [0.2, 0.25) is 0 Å². The van der Waals surface area contributed by atoms with Gasteiger partial charge in [-0.05, 0) is 55.4 Å². The highest BCUT2D eigenvalue weighted by atomic mass is 79.9. The van der Waals surface area contributed by atoms with E-state index < -0.39 is 4.92 Å². The molecule has 0 aliphatic carbocycles. The number of nitrogens with zero attached hydrogens (tertiary/aromatic N) is 1. The highest BCUT2D eigenvalue weighted by Crippen LogP contribution is 2.40. The summed E-state index contributed by atoms with van der Waals surface area (Å²) < 4.78 is 1.39. The second kappa shape index (κ2) is 5.19. The van der Waals surface area contributed by atoms with Crippen LogP contribution >= 0.6 is 47.8 Å². The Bertz CT molecular complexity index is 982. The maximum Gasteiger partial charge on any atom is 0.299 e. The van der Waals surface area contributed by atoms with Gasteiger partial charge in [0.15, 0.2) is 0 Å². The fraction of sp³-hybridized carbons (Fsp3) is 0. The van der Waals surface area contributed by atoms with Crippen molar-refractivity contribution in [3.8, 4) is 0 Å². The molecule has 0 fully saturated rings. The second-order valence-corrected chi connectivity index (χ2v) is 6.91. The lowest BCUT2D eigenvalue weighted by Gasteiger charge is -2.08. The standard InChI is InChI=1S/C13H5Br3N2O3/c14-5-1-2-6-7-4-9(15)12(18(20)21)10(16)11(7)17-13(19)8(6)3-5/h1-4H,(H,17,19). The number of aromatic amines is 1. The topological polar surface area (TPSA) is 76.0 Å². The molecule has 0 spiro atoms. The van der Waals surface area contributed by atoms with Crippen LogP contribution in [0.25, 0.3) is 21.7 Å². The van der Waals surface area contributed by atoms with Crippen molar-refractivity contribution in [3.63, 3.8) is 0 Å². The lowest BCUT2D eigenvalue weighted by atomic mass is 10.1. The van der Waals surface area contributed by atoms with Gasteiger partial charge in [-0.15, -0.1) is 0 Å². The Morgan fingerprint density at radius 2 is 1.76 bits per heavy atom. The van der Waals surface area contributed by atoms with Crippen LogP contribution in [0.2, 0.25) is 0 Å². The number of nitrogens with one attached hydrogen (secondary N) is 1. The summed E-state index contributed by atoms with van der Waals surface area (Å²) in [6.07, 6.45) is 0. The molecule has 1 heterocycles. The number of hydrogen-bond donors (Lipinski definition) is 1. The molecule has 0 saturated heterocycles. The van der Waals surface area contributed by atoms with Gasteiger partial charge in [-0.3, -0.25) is 14.9 Å². The highest BCUT2D eigenvalue weighted by Gasteiger charge is 2.22. The van der Waals surface area contributed by atoms with Gasteiger partial charge in [-0.25, -0.2) is 0 Å². The minimum Gasteiger partial charge on any atom is -0.320 e. The summed E-state index contributed by atoms with van der Waals surface area (Å²) >= 11 is 9.76. The number of benzene rings is 2. The van der Waals surface area contributed by atoms with E-state index in [4.69, 9.17) is 0 Å². The van der Waals surface area contributed by atoms with Gasteiger partial charge in [0, 0.05) is 15.2 Å². The summed E-state index contributed by atoms with van der Waals surface area (Å²) in [6, 6.07) is 6.99. The number of aromatic nitrogens is 1. The van der Waals surface area contributed by atoms with Crippen LogP contribution in [0, 0.1) is 10.1 Å². The van der Waals surface area contributed by atoms with Crippen LogP contribution in [0.1, 0.15) is 0 Å². The van der Waals surface area contributed by atoms with Crippen LogP contribution in [0.4, 0.5) is 5.69 Å². The number of nitro benzene ring substituents is 1. The van der Waals surface area contributed by atoms with Crippen LogP contribution < -0.4 is 5.56 Å². The monoisotopic (exact) mass is 474 g/mol. The summed E-state index contributed by atoms with van der Waals surface area (Å²) in [5, 5.41) is 13.1. The molecule has 0 radical (unpaired) electrons. The molecule has 106 valence electrons. The third-order valence-corrected chi connectivity index (χ3v) is 5.00. The average molecular weight is 477 g/mol. The largest absolute Gasteiger partial charge is 0.320 e. The van der Waals surface area contributed by atoms with Gasteiger partial charge in [0.1, 0.15) is 4.47 Å². The Morgan fingerprint density at radius 1 is 1.05 bits per heavy atom. The molecule has 0 unspecified atom stereocenters. The molecule has 3 rings (SSSR count). The van der Waals surface area contributed by atoms with Crippen LogP contribution in [0.15, 0.2) is 42.5 Å². The van der Waals surface area contributed by atoms with Gasteiger partial charge in [0.25, 0.3) is 11.2 Å². The molecule has 3 aromatic rings. The predicted octanol–water partition coefficient (Wildman–Crippen LogP) is 4.88. The minimum atomic E-state index is -0.502. The first-order chi connectivity index (χ1) is 9.90. The van der Waals surface area contributed by atoms with Gasteiger partial charge in [0.05, 0.1) is 14.9 Å². The van der Waals surface area contributed by atoms with E-state index in [-0.39, 0.29) is 15.7 Å². The van der Waals surface area contributed by atoms with E-state index >= 15 is 0 Å². The smallest absolute Gasteiger partial charge is 0.299 e. The third kappa shape index (κ3) is 2.31. The fourth-order valence-corrected chi connectivity index (χ4v) is 4.10. The van der Waals surface area contributed by atoms with Crippen LogP contribution in [0.3, 0.4) is 0 Å². The number of hydrogen-bond acceptors (Lipinski definition) is 3. The molecule has 1 N–H and O–H groups in total. The number of H-pyrrole nitrogens is 1. The second-order valence-electron chi connectivity index (χ2n) is 4.34. The van der Waals surface area contributed by atoms with Crippen molar-refractivity contribution >= 4 is 75.2 Å². The van der Waals surface area contributed by atoms with Crippen molar-refractivity contribution in [2.45, 2.75) is 0 Å². The molecule has 21 heavy (non-hydrogen) atoms. The molecular weight excluding hydrogens is 472 g/mol. The summed E-state index contributed by atoms with van der Waals surface area (Å²) in [4.78, 5) is 25.5. The number of fused-ring (bicyclic) bond motifs is 3. The van der Waals surface area contributed by atoms with Crippen molar-refractivity contribution in [1.82, 2.24) is 4.98 Å². The molecule has 0 amide bonds. The highest BCUT2D eigenvalue weighted by molar-refractivity contribution is 9.11. The number of nitro groups is 1. The molecule has 0 saturated carbocycles. The summed E-state index contributed by atoms with van der Waals surface area (Å²) in [5.41, 5.74) is -0.00421. The van der Waals surface area contributed by atoms with Gasteiger partial charge in [-0.1, -0.05) is 22.0 Å². The van der Waals surface area contributed by atoms with Crippen molar-refractivity contribution in [2.24, 2.45) is 0 Å². The SMILES string of the molecule is O=c1[nH]c2c(Br)c([N+](=O)[O-])c(Br)cc2c2ccc(Br)cc12. The Labute approximate surface area is 142 Å². The first-order valence-corrected chi connectivity index (χ1v) is 8.05. The molecule has 0 aliphatic rings. The summed E-state index contributed by atoms with van der Waals surface area (Å²) in [7, 11) is 0. The van der Waals surface area contributed by atoms with Crippen molar-refractivity contribution in [1.29, 1.82) is 0 Å². The Morgan fingerprint density at radius 3 is 2.43 bits per heavy atom. The zero-order valence-corrected chi connectivity index (χ0v) is 14.9. The quantitative estimate of drug-likeness (QED) is 0.309. The van der Waals surface area contributed by atoms with E-state index in [0.29, 0.717) is 15.4 Å². The van der Waals surface area contributed by atoms with Crippen LogP contribution in [0.5, 0.6) is 0 Å². The Kier molecular flexibility index (Phi) is 3.62. The summed E-state index contributed by atoms with van der Waals surface area (Å²) in [6.45, 7) is 0. The first kappa shape index (κ1) is 14.7. The van der Waals surface area contributed by atoms with Gasteiger partial charge < -0.3 is 4.98 Å². The molecule has 0 atom stereocenters. The number of rotatable bonds is 1. The maximum absolute atomic E-state index is 12.2. The van der Waals surface area contributed by atoms with Crippen molar-refractivity contribution in [3.05, 3.63) is 58.2 Å². The molecule has 0 bridgehead atoms. The maximum atomic E-state index is 12.2. The van der Waals surface area contributed by atoms with Crippen molar-refractivity contribution in [2.75, 3.05) is 0 Å². The van der Waals surface area contributed by atoms with E-state index in [1.165, 1.54) is 0 Å². The van der Waals surface area contributed by atoms with E-state index in [9.17, 15) is 14.9 Å². The molecule has 1 aromatic heterocycles. The lowest BCUT2D eigenvalue weighted by Crippen LogP contribution is -2.07. The third-order valence-electron chi connectivity index (χ3n) is 3.13. The number of pyridine rings is 1. The zero-order chi connectivity index (χ0) is 15.3.